The molecular formula is C17H25N5O2S. The predicted octanol–water partition coefficient (Wildman–Crippen LogP) is 2.09. The summed E-state index contributed by atoms with van der Waals surface area (Å²) in [5.74, 6) is 7.44. The van der Waals surface area contributed by atoms with Gasteiger partial charge in [-0.1, -0.05) is 44.7 Å². The molecule has 136 valence electrons. The van der Waals surface area contributed by atoms with Crippen LogP contribution in [0.4, 0.5) is 0 Å². The van der Waals surface area contributed by atoms with Crippen molar-refractivity contribution < 1.29 is 9.53 Å². The fourth-order valence-electron chi connectivity index (χ4n) is 2.16. The lowest BCUT2D eigenvalue weighted by Crippen LogP contribution is -2.31. The maximum absolute atomic E-state index is 12.3. The number of hydrogen-bond donors (Lipinski definition) is 2. The SMILES string of the molecule is COc1ccc(CNC(=O)[C@@H](C)Sc2nnc(C(C)(C)C)n2N)cc1. The zero-order chi connectivity index (χ0) is 18.6. The van der Waals surface area contributed by atoms with Crippen molar-refractivity contribution in [2.24, 2.45) is 0 Å². The van der Waals surface area contributed by atoms with Crippen LogP contribution in [0.3, 0.4) is 0 Å². The molecule has 0 saturated heterocycles. The number of amides is 1. The minimum atomic E-state index is -0.336. The van der Waals surface area contributed by atoms with E-state index >= 15 is 0 Å². The van der Waals surface area contributed by atoms with Crippen LogP contribution in [-0.2, 0) is 16.8 Å². The lowest BCUT2D eigenvalue weighted by molar-refractivity contribution is -0.120. The largest absolute Gasteiger partial charge is 0.497 e. The van der Waals surface area contributed by atoms with Crippen LogP contribution in [0.1, 0.15) is 39.1 Å². The summed E-state index contributed by atoms with van der Waals surface area (Å²) in [4.78, 5) is 12.3. The summed E-state index contributed by atoms with van der Waals surface area (Å²) >= 11 is 1.29. The highest BCUT2D eigenvalue weighted by atomic mass is 32.2. The average Bonchev–Trinajstić information content (AvgIpc) is 2.94. The third-order valence-corrected chi connectivity index (χ3v) is 4.67. The number of nitrogens with one attached hydrogen (secondary N) is 1. The van der Waals surface area contributed by atoms with Crippen LogP contribution in [0.25, 0.3) is 0 Å². The van der Waals surface area contributed by atoms with Crippen molar-refractivity contribution in [2.45, 2.75) is 50.1 Å². The minimum Gasteiger partial charge on any atom is -0.497 e. The van der Waals surface area contributed by atoms with Gasteiger partial charge in [-0.25, -0.2) is 4.68 Å². The molecule has 0 aliphatic heterocycles. The summed E-state index contributed by atoms with van der Waals surface area (Å²) < 4.78 is 6.57. The summed E-state index contributed by atoms with van der Waals surface area (Å²) in [6, 6.07) is 7.57. The number of thioether (sulfide) groups is 1. The van der Waals surface area contributed by atoms with E-state index in [0.717, 1.165) is 11.3 Å². The third kappa shape index (κ3) is 4.88. The number of methoxy groups -OCH3 is 1. The van der Waals surface area contributed by atoms with Crippen LogP contribution < -0.4 is 15.9 Å². The summed E-state index contributed by atoms with van der Waals surface area (Å²) in [5.41, 5.74) is 0.795. The van der Waals surface area contributed by atoms with Crippen LogP contribution in [0.2, 0.25) is 0 Å². The molecule has 1 atom stereocenters. The van der Waals surface area contributed by atoms with Crippen molar-refractivity contribution >= 4 is 17.7 Å². The molecule has 1 heterocycles. The second-order valence-electron chi connectivity index (χ2n) is 6.75. The van der Waals surface area contributed by atoms with Crippen LogP contribution in [0.5, 0.6) is 5.75 Å². The number of carbonyl (C=O) groups is 1. The molecule has 0 saturated carbocycles. The van der Waals surface area contributed by atoms with E-state index in [-0.39, 0.29) is 16.6 Å². The van der Waals surface area contributed by atoms with E-state index in [4.69, 9.17) is 10.6 Å². The van der Waals surface area contributed by atoms with Crippen LogP contribution in [-0.4, -0.2) is 33.1 Å². The lowest BCUT2D eigenvalue weighted by Gasteiger charge is -2.17. The number of rotatable bonds is 6. The van der Waals surface area contributed by atoms with Gasteiger partial charge < -0.3 is 15.9 Å². The summed E-state index contributed by atoms with van der Waals surface area (Å²) in [7, 11) is 1.62. The standard InChI is InChI=1S/C17H25N5O2S/c1-11(25-16-21-20-15(22(16)18)17(2,3)4)14(23)19-10-12-6-8-13(24-5)9-7-12/h6-9,11H,10,18H2,1-5H3,(H,19,23)/t11-/m1/s1. The molecule has 1 amide bonds. The Bertz CT molecular complexity index is 722. The molecule has 0 spiro atoms. The van der Waals surface area contributed by atoms with Gasteiger partial charge >= 0.3 is 0 Å². The highest BCUT2D eigenvalue weighted by molar-refractivity contribution is 8.00. The molecule has 0 aliphatic rings. The zero-order valence-corrected chi connectivity index (χ0v) is 16.1. The number of nitrogens with zero attached hydrogens (tertiary/aromatic N) is 3. The number of ether oxygens (including phenoxy) is 1. The molecule has 3 N–H and O–H groups in total. The van der Waals surface area contributed by atoms with Gasteiger partial charge in [0.1, 0.15) is 5.75 Å². The first-order valence-corrected chi connectivity index (χ1v) is 8.88. The molecule has 2 rings (SSSR count). The Balaban J connectivity index is 1.93. The predicted molar refractivity (Wildman–Crippen MR) is 99.0 cm³/mol. The average molecular weight is 363 g/mol. The van der Waals surface area contributed by atoms with Crippen LogP contribution >= 0.6 is 11.8 Å². The van der Waals surface area contributed by atoms with Gasteiger partial charge in [0, 0.05) is 12.0 Å². The van der Waals surface area contributed by atoms with Gasteiger partial charge in [0.05, 0.1) is 12.4 Å². The van der Waals surface area contributed by atoms with Crippen molar-refractivity contribution in [3.05, 3.63) is 35.7 Å². The maximum Gasteiger partial charge on any atom is 0.233 e. The van der Waals surface area contributed by atoms with Crippen LogP contribution in [0.15, 0.2) is 29.4 Å². The van der Waals surface area contributed by atoms with E-state index in [9.17, 15) is 4.79 Å². The summed E-state index contributed by atoms with van der Waals surface area (Å²) in [6.45, 7) is 8.31. The number of hydrogen-bond acceptors (Lipinski definition) is 6. The van der Waals surface area contributed by atoms with Crippen molar-refractivity contribution in [3.8, 4) is 5.75 Å². The number of carbonyl (C=O) groups excluding carboxylic acids is 1. The second kappa shape index (κ2) is 7.77. The Morgan fingerprint density at radius 1 is 1.32 bits per heavy atom. The Kier molecular flexibility index (Phi) is 5.94. The quantitative estimate of drug-likeness (QED) is 0.603. The van der Waals surface area contributed by atoms with Gasteiger partial charge in [-0.3, -0.25) is 4.79 Å². The Morgan fingerprint density at radius 3 is 2.48 bits per heavy atom. The minimum absolute atomic E-state index is 0.0823. The number of benzene rings is 1. The third-order valence-electron chi connectivity index (χ3n) is 3.61. The van der Waals surface area contributed by atoms with Gasteiger partial charge in [-0.05, 0) is 24.6 Å². The fraction of sp³-hybridized carbons (Fsp3) is 0.471. The Morgan fingerprint density at radius 2 is 1.96 bits per heavy atom. The molecule has 0 aliphatic carbocycles. The highest BCUT2D eigenvalue weighted by Gasteiger charge is 2.25. The molecule has 0 fully saturated rings. The first kappa shape index (κ1) is 19.1. The molecule has 1 aromatic heterocycles. The van der Waals surface area contributed by atoms with Gasteiger partial charge in [0.25, 0.3) is 0 Å². The molecule has 1 aromatic carbocycles. The molecule has 0 bridgehead atoms. The van der Waals surface area contributed by atoms with Gasteiger partial charge in [0.2, 0.25) is 11.1 Å². The van der Waals surface area contributed by atoms with E-state index in [1.165, 1.54) is 16.4 Å². The number of nitrogens with two attached hydrogens (primary N) is 1. The molecule has 0 unspecified atom stereocenters. The maximum atomic E-state index is 12.3. The monoisotopic (exact) mass is 363 g/mol. The molecule has 8 heteroatoms. The topological polar surface area (TPSA) is 95.1 Å². The van der Waals surface area contributed by atoms with E-state index in [2.05, 4.69) is 15.5 Å². The van der Waals surface area contributed by atoms with Gasteiger partial charge in [-0.15, -0.1) is 10.2 Å². The molecule has 25 heavy (non-hydrogen) atoms. The van der Waals surface area contributed by atoms with E-state index in [0.29, 0.717) is 17.5 Å². The Hall–Kier alpha value is -2.22. The first-order valence-electron chi connectivity index (χ1n) is 8.00. The highest BCUT2D eigenvalue weighted by Crippen LogP contribution is 2.25. The number of aromatic nitrogens is 3. The second-order valence-corrected chi connectivity index (χ2v) is 8.06. The first-order chi connectivity index (χ1) is 11.7. The van der Waals surface area contributed by atoms with Crippen molar-refractivity contribution in [2.75, 3.05) is 13.0 Å². The van der Waals surface area contributed by atoms with Crippen molar-refractivity contribution in [1.29, 1.82) is 0 Å². The van der Waals surface area contributed by atoms with Gasteiger partial charge in [0.15, 0.2) is 5.82 Å². The van der Waals surface area contributed by atoms with Crippen LogP contribution in [0, 0.1) is 0 Å². The molecule has 0 radical (unpaired) electrons. The normalized spacial score (nSPS) is 12.7. The molecule has 2 aromatic rings. The van der Waals surface area contributed by atoms with E-state index in [1.54, 1.807) is 7.11 Å². The number of nitrogen functional groups attached to an aromatic ring is 1. The molecule has 7 nitrogen and oxygen atoms in total. The Labute approximate surface area is 152 Å². The summed E-state index contributed by atoms with van der Waals surface area (Å²) in [6.07, 6.45) is 0. The summed E-state index contributed by atoms with van der Waals surface area (Å²) in [5, 5.41) is 11.3. The fourth-order valence-corrected chi connectivity index (χ4v) is 2.95. The van der Waals surface area contributed by atoms with E-state index in [1.807, 2.05) is 52.0 Å². The van der Waals surface area contributed by atoms with Crippen molar-refractivity contribution in [3.63, 3.8) is 0 Å². The zero-order valence-electron chi connectivity index (χ0n) is 15.2. The van der Waals surface area contributed by atoms with Gasteiger partial charge in [-0.2, -0.15) is 0 Å². The molecular weight excluding hydrogens is 338 g/mol. The smallest absolute Gasteiger partial charge is 0.233 e. The van der Waals surface area contributed by atoms with E-state index < -0.39 is 0 Å². The van der Waals surface area contributed by atoms with Crippen molar-refractivity contribution in [1.82, 2.24) is 20.2 Å². The lowest BCUT2D eigenvalue weighted by atomic mass is 9.96.